The van der Waals surface area contributed by atoms with E-state index in [9.17, 15) is 8.42 Å². The minimum Gasteiger partial charge on any atom is -0.395 e. The number of nitrogens with zero attached hydrogens (tertiary/aromatic N) is 1. The van der Waals surface area contributed by atoms with Crippen molar-refractivity contribution in [2.75, 3.05) is 23.8 Å². The molecule has 1 aromatic carbocycles. The van der Waals surface area contributed by atoms with Crippen LogP contribution in [-0.2, 0) is 9.84 Å². The zero-order valence-corrected chi connectivity index (χ0v) is 11.4. The third-order valence-electron chi connectivity index (χ3n) is 3.24. The van der Waals surface area contributed by atoms with Crippen molar-refractivity contribution in [3.8, 4) is 0 Å². The monoisotopic (exact) mass is 269 g/mol. The summed E-state index contributed by atoms with van der Waals surface area (Å²) in [4.78, 5) is 2.51. The molecule has 0 amide bonds. The molecule has 0 heterocycles. The Labute approximate surface area is 108 Å². The summed E-state index contributed by atoms with van der Waals surface area (Å²) in [6.07, 6.45) is 2.30. The first-order valence-electron chi connectivity index (χ1n) is 6.29. The van der Waals surface area contributed by atoms with E-state index in [-0.39, 0.29) is 12.4 Å². The minimum atomic E-state index is -3.13. The molecule has 2 rings (SSSR count). The third kappa shape index (κ3) is 2.84. The smallest absolute Gasteiger partial charge is 0.178 e. The van der Waals surface area contributed by atoms with Gasteiger partial charge in [0.05, 0.1) is 17.3 Å². The van der Waals surface area contributed by atoms with Gasteiger partial charge in [-0.25, -0.2) is 8.42 Å². The van der Waals surface area contributed by atoms with Crippen LogP contribution < -0.4 is 4.90 Å². The first-order chi connectivity index (χ1) is 8.58. The van der Waals surface area contributed by atoms with E-state index in [1.165, 1.54) is 0 Å². The number of benzene rings is 1. The van der Waals surface area contributed by atoms with Crippen molar-refractivity contribution in [1.82, 2.24) is 0 Å². The van der Waals surface area contributed by atoms with Gasteiger partial charge in [0, 0.05) is 18.3 Å². The molecule has 100 valence electrons. The molecule has 1 saturated carbocycles. The van der Waals surface area contributed by atoms with Gasteiger partial charge < -0.3 is 10.0 Å². The second-order valence-corrected chi connectivity index (χ2v) is 6.82. The standard InChI is InChI=1S/C13H19NO3S/c1-2-18(16,17)13-7-5-12(6-8-13)14(9-10-15)11-3-4-11/h5-8,11,15H,2-4,9-10H2,1H3. The maximum atomic E-state index is 11.7. The van der Waals surface area contributed by atoms with Crippen molar-refractivity contribution in [3.05, 3.63) is 24.3 Å². The Morgan fingerprint density at radius 2 is 1.89 bits per heavy atom. The number of hydrogen-bond acceptors (Lipinski definition) is 4. The summed E-state index contributed by atoms with van der Waals surface area (Å²) in [6, 6.07) is 7.47. The Morgan fingerprint density at radius 3 is 2.33 bits per heavy atom. The average molecular weight is 269 g/mol. The van der Waals surface area contributed by atoms with E-state index < -0.39 is 9.84 Å². The number of sulfone groups is 1. The van der Waals surface area contributed by atoms with Gasteiger partial charge in [0.1, 0.15) is 0 Å². The van der Waals surface area contributed by atoms with E-state index in [2.05, 4.69) is 4.90 Å². The van der Waals surface area contributed by atoms with E-state index in [1.807, 2.05) is 12.1 Å². The van der Waals surface area contributed by atoms with Crippen LogP contribution in [0.25, 0.3) is 0 Å². The molecule has 1 aliphatic carbocycles. The van der Waals surface area contributed by atoms with Crippen molar-refractivity contribution in [2.45, 2.75) is 30.7 Å². The second kappa shape index (κ2) is 5.28. The van der Waals surface area contributed by atoms with Crippen molar-refractivity contribution in [1.29, 1.82) is 0 Å². The van der Waals surface area contributed by atoms with Gasteiger partial charge in [-0.15, -0.1) is 0 Å². The Morgan fingerprint density at radius 1 is 1.28 bits per heavy atom. The van der Waals surface area contributed by atoms with Gasteiger partial charge in [-0.1, -0.05) is 6.92 Å². The fourth-order valence-corrected chi connectivity index (χ4v) is 2.91. The number of hydrogen-bond donors (Lipinski definition) is 1. The highest BCUT2D eigenvalue weighted by Crippen LogP contribution is 2.31. The molecule has 1 fully saturated rings. The van der Waals surface area contributed by atoms with Crippen LogP contribution in [0.1, 0.15) is 19.8 Å². The SMILES string of the molecule is CCS(=O)(=O)c1ccc(N(CCO)C2CC2)cc1. The van der Waals surface area contributed by atoms with Gasteiger partial charge in [-0.3, -0.25) is 0 Å². The maximum absolute atomic E-state index is 11.7. The molecule has 0 aromatic heterocycles. The lowest BCUT2D eigenvalue weighted by molar-refractivity contribution is 0.301. The summed E-state index contributed by atoms with van der Waals surface area (Å²) in [6.45, 7) is 2.36. The number of anilines is 1. The van der Waals surface area contributed by atoms with Crippen molar-refractivity contribution < 1.29 is 13.5 Å². The van der Waals surface area contributed by atoms with E-state index in [0.29, 0.717) is 17.5 Å². The summed E-state index contributed by atoms with van der Waals surface area (Å²) in [7, 11) is -3.13. The molecule has 4 nitrogen and oxygen atoms in total. The van der Waals surface area contributed by atoms with Gasteiger partial charge >= 0.3 is 0 Å². The zero-order valence-electron chi connectivity index (χ0n) is 10.5. The second-order valence-electron chi connectivity index (χ2n) is 4.55. The normalized spacial score (nSPS) is 15.7. The average Bonchev–Trinajstić information content (AvgIpc) is 3.20. The summed E-state index contributed by atoms with van der Waals surface area (Å²) >= 11 is 0. The van der Waals surface area contributed by atoms with Crippen LogP contribution in [-0.4, -0.2) is 38.5 Å². The van der Waals surface area contributed by atoms with Crippen LogP contribution in [0.15, 0.2) is 29.2 Å². The fourth-order valence-electron chi connectivity index (χ4n) is 2.03. The van der Waals surface area contributed by atoms with Crippen molar-refractivity contribution >= 4 is 15.5 Å². The lowest BCUT2D eigenvalue weighted by Gasteiger charge is -2.23. The van der Waals surface area contributed by atoms with Crippen molar-refractivity contribution in [3.63, 3.8) is 0 Å². The predicted octanol–water partition coefficient (Wildman–Crippen LogP) is 1.44. The molecular formula is C13H19NO3S. The highest BCUT2D eigenvalue weighted by atomic mass is 32.2. The summed E-state index contributed by atoms with van der Waals surface area (Å²) in [5, 5.41) is 9.06. The van der Waals surface area contributed by atoms with Crippen LogP contribution >= 0.6 is 0 Å². The molecule has 0 aliphatic heterocycles. The largest absolute Gasteiger partial charge is 0.395 e. The van der Waals surface area contributed by atoms with Crippen LogP contribution in [0.2, 0.25) is 0 Å². The topological polar surface area (TPSA) is 57.6 Å². The van der Waals surface area contributed by atoms with E-state index in [0.717, 1.165) is 18.5 Å². The first-order valence-corrected chi connectivity index (χ1v) is 7.94. The first kappa shape index (κ1) is 13.4. The fraction of sp³-hybridized carbons (Fsp3) is 0.538. The highest BCUT2D eigenvalue weighted by Gasteiger charge is 2.28. The van der Waals surface area contributed by atoms with Gasteiger partial charge in [0.2, 0.25) is 0 Å². The van der Waals surface area contributed by atoms with Gasteiger partial charge in [-0.2, -0.15) is 0 Å². The molecule has 1 N–H and O–H groups in total. The molecule has 1 aromatic rings. The summed E-state index contributed by atoms with van der Waals surface area (Å²) in [5.74, 6) is 0.120. The lowest BCUT2D eigenvalue weighted by atomic mass is 10.3. The predicted molar refractivity (Wildman–Crippen MR) is 71.6 cm³/mol. The molecule has 0 saturated heterocycles. The highest BCUT2D eigenvalue weighted by molar-refractivity contribution is 7.91. The van der Waals surface area contributed by atoms with Gasteiger partial charge in [0.15, 0.2) is 9.84 Å². The minimum absolute atomic E-state index is 0.117. The molecule has 18 heavy (non-hydrogen) atoms. The van der Waals surface area contributed by atoms with Gasteiger partial charge in [0.25, 0.3) is 0 Å². The van der Waals surface area contributed by atoms with E-state index >= 15 is 0 Å². The number of aliphatic hydroxyl groups is 1. The number of rotatable bonds is 6. The van der Waals surface area contributed by atoms with Crippen LogP contribution in [0.5, 0.6) is 0 Å². The molecule has 0 bridgehead atoms. The summed E-state index contributed by atoms with van der Waals surface area (Å²) in [5.41, 5.74) is 0.988. The molecule has 5 heteroatoms. The molecular weight excluding hydrogens is 250 g/mol. The Hall–Kier alpha value is -1.07. The molecule has 1 aliphatic rings. The lowest BCUT2D eigenvalue weighted by Crippen LogP contribution is -2.28. The van der Waals surface area contributed by atoms with Gasteiger partial charge in [-0.05, 0) is 37.1 Å². The summed E-state index contributed by atoms with van der Waals surface area (Å²) < 4.78 is 23.4. The van der Waals surface area contributed by atoms with E-state index in [1.54, 1.807) is 19.1 Å². The molecule has 0 spiro atoms. The maximum Gasteiger partial charge on any atom is 0.178 e. The van der Waals surface area contributed by atoms with Crippen LogP contribution in [0, 0.1) is 0 Å². The molecule has 0 radical (unpaired) electrons. The van der Waals surface area contributed by atoms with E-state index in [4.69, 9.17) is 5.11 Å². The van der Waals surface area contributed by atoms with Crippen molar-refractivity contribution in [2.24, 2.45) is 0 Å². The zero-order chi connectivity index (χ0) is 13.2. The van der Waals surface area contributed by atoms with Crippen LogP contribution in [0.3, 0.4) is 0 Å². The Balaban J connectivity index is 2.20. The molecule has 0 unspecified atom stereocenters. The Kier molecular flexibility index (Phi) is 3.92. The quantitative estimate of drug-likeness (QED) is 0.849. The third-order valence-corrected chi connectivity index (χ3v) is 4.99. The molecule has 0 atom stereocenters. The Bertz CT molecular complexity index is 491. The number of aliphatic hydroxyl groups excluding tert-OH is 1. The van der Waals surface area contributed by atoms with Crippen LogP contribution in [0.4, 0.5) is 5.69 Å².